The number of nitrogens with zero attached hydrogens (tertiary/aromatic N) is 4. The molecule has 2 N–H and O–H groups in total. The van der Waals surface area contributed by atoms with Crippen LogP contribution in [0, 0.1) is 11.3 Å². The summed E-state index contributed by atoms with van der Waals surface area (Å²) >= 11 is 0. The molecule has 3 aliphatic rings. The van der Waals surface area contributed by atoms with Crippen molar-refractivity contribution in [3.05, 3.63) is 0 Å². The van der Waals surface area contributed by atoms with E-state index in [1.807, 2.05) is 34.9 Å². The Balaban J connectivity index is 1.77. The number of piperidine rings is 2. The van der Waals surface area contributed by atoms with E-state index in [0.717, 1.165) is 45.2 Å². The predicted molar refractivity (Wildman–Crippen MR) is 155 cm³/mol. The summed E-state index contributed by atoms with van der Waals surface area (Å²) in [4.78, 5) is 60.3. The first kappa shape index (κ1) is 32.3. The fraction of sp³-hybridized carbons (Fsp3) is 0.867. The van der Waals surface area contributed by atoms with Crippen LogP contribution in [0.1, 0.15) is 86.0 Å². The number of carboxylic acid groups (broad SMARTS) is 1. The summed E-state index contributed by atoms with van der Waals surface area (Å²) < 4.78 is 0. The van der Waals surface area contributed by atoms with Crippen molar-refractivity contribution < 1.29 is 24.3 Å². The second-order valence-corrected chi connectivity index (χ2v) is 13.6. The summed E-state index contributed by atoms with van der Waals surface area (Å²) in [6.07, 6.45) is 6.66. The number of likely N-dealkylation sites (N-methyl/N-ethyl adjacent to an activating group) is 2. The van der Waals surface area contributed by atoms with Gasteiger partial charge in [-0.3, -0.25) is 24.2 Å². The Kier molecular flexibility index (Phi) is 11.0. The molecule has 0 radical (unpaired) electrons. The quantitative estimate of drug-likeness (QED) is 0.443. The zero-order chi connectivity index (χ0) is 29.8. The number of carboxylic acids is 1. The summed E-state index contributed by atoms with van der Waals surface area (Å²) in [5.41, 5.74) is -0.485. The molecule has 2 unspecified atom stereocenters. The first-order chi connectivity index (χ1) is 18.7. The van der Waals surface area contributed by atoms with Crippen LogP contribution < -0.4 is 5.32 Å². The smallest absolute Gasteiger partial charge is 0.326 e. The summed E-state index contributed by atoms with van der Waals surface area (Å²) in [6.45, 7) is 12.7. The topological polar surface area (TPSA) is 113 Å². The lowest BCUT2D eigenvalue weighted by Crippen LogP contribution is -2.62. The van der Waals surface area contributed by atoms with Crippen molar-refractivity contribution in [2.24, 2.45) is 11.3 Å². The van der Waals surface area contributed by atoms with Crippen molar-refractivity contribution >= 4 is 23.7 Å². The average Bonchev–Trinajstić information content (AvgIpc) is 3.39. The standard InChI is InChI=1S/C30H53N5O5/c1-20(2)24(19-34-17-11-9-14-22(34)27(37)35-18-12-15-23(35)29(39)40)33(7)28(38)25(30(3,4)5)31-26(36)21-13-8-10-16-32(21)6/h20-25H,8-19H2,1-7H3,(H,31,36)(H,39,40)/t21-,22?,23+,24-,25?/m1/s1. The van der Waals surface area contributed by atoms with Crippen LogP contribution in [0.4, 0.5) is 0 Å². The summed E-state index contributed by atoms with van der Waals surface area (Å²) in [7, 11) is 3.78. The lowest BCUT2D eigenvalue weighted by atomic mass is 9.84. The number of rotatable bonds is 9. The highest BCUT2D eigenvalue weighted by molar-refractivity contribution is 5.90. The number of hydrogen-bond acceptors (Lipinski definition) is 6. The maximum atomic E-state index is 14.1. The Bertz CT molecular complexity index is 919. The number of nitrogens with one attached hydrogen (secondary N) is 1. The molecule has 10 heteroatoms. The second-order valence-electron chi connectivity index (χ2n) is 13.6. The van der Waals surface area contributed by atoms with E-state index in [4.69, 9.17) is 0 Å². The lowest BCUT2D eigenvalue weighted by molar-refractivity contribution is -0.151. The fourth-order valence-electron chi connectivity index (χ4n) is 6.65. The second kappa shape index (κ2) is 13.6. The van der Waals surface area contributed by atoms with Crippen molar-refractivity contribution in [1.29, 1.82) is 0 Å². The number of likely N-dealkylation sites (tertiary alicyclic amines) is 3. The predicted octanol–water partition coefficient (Wildman–Crippen LogP) is 2.41. The highest BCUT2D eigenvalue weighted by Gasteiger charge is 2.43. The first-order valence-corrected chi connectivity index (χ1v) is 15.3. The van der Waals surface area contributed by atoms with Crippen LogP contribution in [0.25, 0.3) is 0 Å². The average molecular weight is 564 g/mol. The van der Waals surface area contributed by atoms with Crippen LogP contribution in [-0.4, -0.2) is 119 Å². The zero-order valence-electron chi connectivity index (χ0n) is 25.8. The molecular formula is C30H53N5O5. The Morgan fingerprint density at radius 1 is 0.900 bits per heavy atom. The van der Waals surface area contributed by atoms with Gasteiger partial charge in [-0.2, -0.15) is 0 Å². The van der Waals surface area contributed by atoms with E-state index >= 15 is 0 Å². The van der Waals surface area contributed by atoms with Gasteiger partial charge >= 0.3 is 5.97 Å². The Hall–Kier alpha value is -2.20. The van der Waals surface area contributed by atoms with Crippen LogP contribution in [0.2, 0.25) is 0 Å². The first-order valence-electron chi connectivity index (χ1n) is 15.3. The summed E-state index contributed by atoms with van der Waals surface area (Å²) in [6, 6.07) is -2.20. The fourth-order valence-corrected chi connectivity index (χ4v) is 6.65. The van der Waals surface area contributed by atoms with Crippen molar-refractivity contribution in [2.45, 2.75) is 116 Å². The van der Waals surface area contributed by atoms with Gasteiger partial charge in [0.2, 0.25) is 17.7 Å². The van der Waals surface area contributed by atoms with Crippen molar-refractivity contribution in [1.82, 2.24) is 24.9 Å². The lowest BCUT2D eigenvalue weighted by Gasteiger charge is -2.44. The molecule has 3 fully saturated rings. The molecule has 0 saturated carbocycles. The third-order valence-electron chi connectivity index (χ3n) is 9.23. The van der Waals surface area contributed by atoms with Gasteiger partial charge in [-0.15, -0.1) is 0 Å². The van der Waals surface area contributed by atoms with Gasteiger partial charge in [0, 0.05) is 26.2 Å². The number of carbonyl (C=O) groups is 4. The highest BCUT2D eigenvalue weighted by atomic mass is 16.4. The van der Waals surface area contributed by atoms with Crippen LogP contribution in [-0.2, 0) is 19.2 Å². The molecule has 3 rings (SSSR count). The van der Waals surface area contributed by atoms with Gasteiger partial charge in [0.05, 0.1) is 12.1 Å². The summed E-state index contributed by atoms with van der Waals surface area (Å²) in [5.74, 6) is -1.13. The SMILES string of the molecule is CC(C)[C@@H](CN1CCCCC1C(=O)N1CCC[C@H]1C(=O)O)N(C)C(=O)C(NC(=O)[C@H]1CCCCN1C)C(C)(C)C. The molecule has 3 amide bonds. The molecule has 3 saturated heterocycles. The van der Waals surface area contributed by atoms with E-state index in [9.17, 15) is 24.3 Å². The van der Waals surface area contributed by atoms with E-state index in [-0.39, 0.29) is 41.8 Å². The molecule has 3 heterocycles. The molecule has 0 aromatic rings. The van der Waals surface area contributed by atoms with Crippen LogP contribution >= 0.6 is 0 Å². The molecule has 0 spiro atoms. The van der Waals surface area contributed by atoms with Gasteiger partial charge in [-0.25, -0.2) is 4.79 Å². The molecule has 3 aliphatic heterocycles. The largest absolute Gasteiger partial charge is 0.480 e. The van der Waals surface area contributed by atoms with Gasteiger partial charge in [0.1, 0.15) is 12.1 Å². The Labute approximate surface area is 240 Å². The minimum Gasteiger partial charge on any atom is -0.480 e. The van der Waals surface area contributed by atoms with Crippen LogP contribution in [0.15, 0.2) is 0 Å². The number of amides is 3. The summed E-state index contributed by atoms with van der Waals surface area (Å²) in [5, 5.41) is 12.8. The molecule has 228 valence electrons. The zero-order valence-corrected chi connectivity index (χ0v) is 25.8. The van der Waals surface area contributed by atoms with Gasteiger partial charge in [-0.05, 0) is 70.0 Å². The van der Waals surface area contributed by atoms with Crippen LogP contribution in [0.3, 0.4) is 0 Å². The molecule has 10 nitrogen and oxygen atoms in total. The van der Waals surface area contributed by atoms with E-state index in [0.29, 0.717) is 32.4 Å². The number of aliphatic carboxylic acids is 1. The van der Waals surface area contributed by atoms with Gasteiger partial charge in [0.15, 0.2) is 0 Å². The molecular weight excluding hydrogens is 510 g/mol. The minimum atomic E-state index is -0.937. The maximum absolute atomic E-state index is 14.1. The molecule has 5 atom stereocenters. The molecule has 0 aromatic heterocycles. The molecule has 0 aliphatic carbocycles. The highest BCUT2D eigenvalue weighted by Crippen LogP contribution is 2.28. The van der Waals surface area contributed by atoms with Gasteiger partial charge in [0.25, 0.3) is 0 Å². The van der Waals surface area contributed by atoms with E-state index < -0.39 is 23.5 Å². The van der Waals surface area contributed by atoms with Gasteiger partial charge in [-0.1, -0.05) is 47.5 Å². The molecule has 0 aromatic carbocycles. The monoisotopic (exact) mass is 563 g/mol. The minimum absolute atomic E-state index is 0.0924. The maximum Gasteiger partial charge on any atom is 0.326 e. The van der Waals surface area contributed by atoms with Gasteiger partial charge < -0.3 is 20.2 Å². The molecule has 40 heavy (non-hydrogen) atoms. The normalized spacial score (nSPS) is 26.4. The molecule has 0 bridgehead atoms. The third-order valence-corrected chi connectivity index (χ3v) is 9.23. The van der Waals surface area contributed by atoms with E-state index in [1.165, 1.54) is 0 Å². The Morgan fingerprint density at radius 3 is 2.08 bits per heavy atom. The third kappa shape index (κ3) is 7.55. The number of hydrogen-bond donors (Lipinski definition) is 2. The van der Waals surface area contributed by atoms with E-state index in [2.05, 4.69) is 29.0 Å². The number of carbonyl (C=O) groups excluding carboxylic acids is 3. The van der Waals surface area contributed by atoms with Crippen LogP contribution in [0.5, 0.6) is 0 Å². The Morgan fingerprint density at radius 2 is 1.50 bits per heavy atom. The van der Waals surface area contributed by atoms with Crippen molar-refractivity contribution in [2.75, 3.05) is 40.3 Å². The van der Waals surface area contributed by atoms with E-state index in [1.54, 1.807) is 9.80 Å². The van der Waals surface area contributed by atoms with Crippen molar-refractivity contribution in [3.63, 3.8) is 0 Å². The van der Waals surface area contributed by atoms with Crippen molar-refractivity contribution in [3.8, 4) is 0 Å².